The molecule has 0 spiro atoms. The zero-order valence-corrected chi connectivity index (χ0v) is 15.9. The van der Waals surface area contributed by atoms with Gasteiger partial charge in [-0.1, -0.05) is 15.9 Å². The highest BCUT2D eigenvalue weighted by Crippen LogP contribution is 2.37. The lowest BCUT2D eigenvalue weighted by atomic mass is 10.1. The van der Waals surface area contributed by atoms with Gasteiger partial charge in [0.15, 0.2) is 0 Å². The van der Waals surface area contributed by atoms with E-state index in [1.165, 1.54) is 11.8 Å². The minimum absolute atomic E-state index is 0.326. The Labute approximate surface area is 155 Å². The van der Waals surface area contributed by atoms with Gasteiger partial charge in [-0.2, -0.15) is 0 Å². The standard InChI is InChI=1S/C19H19BrN2O3/c1-11-8-14(4-5-17(11)25-3)19(24)22(12(2)23)16-10-15(20)9-13-6-7-21-18(13)16/h4-5,8-10,21H,6-7H2,1-3H3. The van der Waals surface area contributed by atoms with Crippen molar-refractivity contribution in [2.75, 3.05) is 23.9 Å². The molecule has 1 aliphatic heterocycles. The Kier molecular flexibility index (Phi) is 4.81. The predicted octanol–water partition coefficient (Wildman–Crippen LogP) is 3.93. The lowest BCUT2D eigenvalue weighted by molar-refractivity contribution is -0.115. The van der Waals surface area contributed by atoms with Gasteiger partial charge < -0.3 is 10.1 Å². The number of nitrogens with zero attached hydrogens (tertiary/aromatic N) is 1. The number of fused-ring (bicyclic) bond motifs is 1. The van der Waals surface area contributed by atoms with Crippen molar-refractivity contribution in [1.29, 1.82) is 0 Å². The summed E-state index contributed by atoms with van der Waals surface area (Å²) in [5, 5.41) is 3.28. The molecule has 0 atom stereocenters. The summed E-state index contributed by atoms with van der Waals surface area (Å²) in [7, 11) is 1.59. The van der Waals surface area contributed by atoms with Crippen molar-refractivity contribution in [3.63, 3.8) is 0 Å². The number of imide groups is 1. The third-order valence-electron chi connectivity index (χ3n) is 4.26. The predicted molar refractivity (Wildman–Crippen MR) is 102 cm³/mol. The van der Waals surface area contributed by atoms with E-state index in [1.807, 2.05) is 13.0 Å². The Bertz CT molecular complexity index is 864. The molecule has 2 aromatic rings. The third kappa shape index (κ3) is 3.26. The number of carbonyl (C=O) groups excluding carboxylic acids is 2. The average Bonchev–Trinajstić information content (AvgIpc) is 3.02. The van der Waals surface area contributed by atoms with Gasteiger partial charge in [-0.3, -0.25) is 9.59 Å². The van der Waals surface area contributed by atoms with E-state index in [0.29, 0.717) is 17.0 Å². The number of anilines is 2. The summed E-state index contributed by atoms with van der Waals surface area (Å²) in [5.74, 6) is 0.0238. The number of hydrogen-bond donors (Lipinski definition) is 1. The van der Waals surface area contributed by atoms with Gasteiger partial charge in [0, 0.05) is 23.5 Å². The quantitative estimate of drug-likeness (QED) is 0.844. The summed E-state index contributed by atoms with van der Waals surface area (Å²) >= 11 is 3.48. The van der Waals surface area contributed by atoms with Crippen LogP contribution in [0.1, 0.15) is 28.4 Å². The number of hydrogen-bond acceptors (Lipinski definition) is 4. The van der Waals surface area contributed by atoms with Gasteiger partial charge in [-0.05, 0) is 54.8 Å². The van der Waals surface area contributed by atoms with Gasteiger partial charge in [-0.15, -0.1) is 0 Å². The van der Waals surface area contributed by atoms with E-state index in [0.717, 1.165) is 34.3 Å². The Morgan fingerprint density at radius 3 is 2.64 bits per heavy atom. The number of halogens is 1. The maximum atomic E-state index is 13.1. The van der Waals surface area contributed by atoms with Crippen LogP contribution in [0.5, 0.6) is 5.75 Å². The number of amides is 2. The first-order valence-corrected chi connectivity index (χ1v) is 8.77. The fourth-order valence-corrected chi connectivity index (χ4v) is 3.60. The second-order valence-corrected chi connectivity index (χ2v) is 6.90. The van der Waals surface area contributed by atoms with Crippen LogP contribution in [0, 0.1) is 6.92 Å². The van der Waals surface area contributed by atoms with Crippen LogP contribution < -0.4 is 15.0 Å². The van der Waals surface area contributed by atoms with Crippen LogP contribution in [0.25, 0.3) is 0 Å². The second-order valence-electron chi connectivity index (χ2n) is 5.98. The van der Waals surface area contributed by atoms with E-state index < -0.39 is 0 Å². The highest BCUT2D eigenvalue weighted by atomic mass is 79.9. The molecule has 1 N–H and O–H groups in total. The molecule has 1 heterocycles. The van der Waals surface area contributed by atoms with Gasteiger partial charge in [0.1, 0.15) is 5.75 Å². The maximum Gasteiger partial charge on any atom is 0.265 e. The molecule has 6 heteroatoms. The summed E-state index contributed by atoms with van der Waals surface area (Å²) in [6.07, 6.45) is 0.864. The van der Waals surface area contributed by atoms with Crippen LogP contribution in [0.2, 0.25) is 0 Å². The van der Waals surface area contributed by atoms with Crippen molar-refractivity contribution in [3.8, 4) is 5.75 Å². The molecule has 0 saturated heterocycles. The second kappa shape index (κ2) is 6.88. The number of nitrogens with one attached hydrogen (secondary N) is 1. The average molecular weight is 403 g/mol. The van der Waals surface area contributed by atoms with E-state index in [2.05, 4.69) is 21.2 Å². The van der Waals surface area contributed by atoms with Crippen LogP contribution >= 0.6 is 15.9 Å². The summed E-state index contributed by atoms with van der Waals surface area (Å²) in [6, 6.07) is 8.97. The SMILES string of the molecule is COc1ccc(C(=O)N(C(C)=O)c2cc(Br)cc3c2NCC3)cc1C. The van der Waals surface area contributed by atoms with Crippen molar-refractivity contribution < 1.29 is 14.3 Å². The summed E-state index contributed by atoms with van der Waals surface area (Å²) < 4.78 is 6.08. The lowest BCUT2D eigenvalue weighted by Gasteiger charge is -2.23. The number of methoxy groups -OCH3 is 1. The van der Waals surface area contributed by atoms with Crippen LogP contribution in [0.3, 0.4) is 0 Å². The monoisotopic (exact) mass is 402 g/mol. The molecule has 25 heavy (non-hydrogen) atoms. The fraction of sp³-hybridized carbons (Fsp3) is 0.263. The van der Waals surface area contributed by atoms with Crippen LogP contribution in [0.15, 0.2) is 34.8 Å². The van der Waals surface area contributed by atoms with Gasteiger partial charge in [0.05, 0.1) is 18.5 Å². The third-order valence-corrected chi connectivity index (χ3v) is 4.72. The largest absolute Gasteiger partial charge is 0.496 e. The highest BCUT2D eigenvalue weighted by Gasteiger charge is 2.28. The van der Waals surface area contributed by atoms with E-state index in [4.69, 9.17) is 4.74 Å². The smallest absolute Gasteiger partial charge is 0.265 e. The molecule has 2 aromatic carbocycles. The van der Waals surface area contributed by atoms with Crippen molar-refractivity contribution >= 4 is 39.1 Å². The van der Waals surface area contributed by atoms with Crippen molar-refractivity contribution in [2.45, 2.75) is 20.3 Å². The minimum Gasteiger partial charge on any atom is -0.496 e. The van der Waals surface area contributed by atoms with Gasteiger partial charge in [0.2, 0.25) is 5.91 Å². The first-order valence-electron chi connectivity index (χ1n) is 7.98. The number of ether oxygens (including phenoxy) is 1. The van der Waals surface area contributed by atoms with Crippen LogP contribution in [0.4, 0.5) is 11.4 Å². The Morgan fingerprint density at radius 2 is 2.00 bits per heavy atom. The normalized spacial score (nSPS) is 12.3. The molecule has 1 aliphatic rings. The molecule has 0 unspecified atom stereocenters. The van der Waals surface area contributed by atoms with Crippen molar-refractivity contribution in [1.82, 2.24) is 0 Å². The molecule has 2 amide bonds. The molecule has 0 aromatic heterocycles. The summed E-state index contributed by atoms with van der Waals surface area (Å²) in [6.45, 7) is 4.06. The Balaban J connectivity index is 2.07. The first kappa shape index (κ1) is 17.5. The Morgan fingerprint density at radius 1 is 1.24 bits per heavy atom. The lowest BCUT2D eigenvalue weighted by Crippen LogP contribution is -2.35. The van der Waals surface area contributed by atoms with E-state index in [1.54, 1.807) is 31.4 Å². The topological polar surface area (TPSA) is 58.6 Å². The molecule has 5 nitrogen and oxygen atoms in total. The molecule has 0 bridgehead atoms. The van der Waals surface area contributed by atoms with Crippen LogP contribution in [-0.4, -0.2) is 25.5 Å². The number of carbonyl (C=O) groups is 2. The van der Waals surface area contributed by atoms with Crippen molar-refractivity contribution in [2.24, 2.45) is 0 Å². The molecule has 0 saturated carbocycles. The van der Waals surface area contributed by atoms with Crippen molar-refractivity contribution in [3.05, 3.63) is 51.5 Å². The zero-order chi connectivity index (χ0) is 18.1. The van der Waals surface area contributed by atoms with E-state index in [9.17, 15) is 9.59 Å². The minimum atomic E-state index is -0.354. The Hall–Kier alpha value is -2.34. The summed E-state index contributed by atoms with van der Waals surface area (Å²) in [4.78, 5) is 26.6. The van der Waals surface area contributed by atoms with Gasteiger partial charge in [-0.25, -0.2) is 4.90 Å². The number of benzene rings is 2. The van der Waals surface area contributed by atoms with Gasteiger partial charge in [0.25, 0.3) is 5.91 Å². The van der Waals surface area contributed by atoms with Crippen LogP contribution in [-0.2, 0) is 11.2 Å². The zero-order valence-electron chi connectivity index (χ0n) is 14.4. The maximum absolute atomic E-state index is 13.1. The molecule has 130 valence electrons. The summed E-state index contributed by atoms with van der Waals surface area (Å²) in [5.41, 5.74) is 3.80. The number of rotatable bonds is 3. The molecule has 0 fully saturated rings. The molecule has 0 aliphatic carbocycles. The van der Waals surface area contributed by atoms with Gasteiger partial charge >= 0.3 is 0 Å². The van der Waals surface area contributed by atoms with E-state index >= 15 is 0 Å². The molecule has 0 radical (unpaired) electrons. The first-order chi connectivity index (χ1) is 11.9. The number of aryl methyl sites for hydroxylation is 1. The highest BCUT2D eigenvalue weighted by molar-refractivity contribution is 9.10. The fourth-order valence-electron chi connectivity index (χ4n) is 3.11. The molecular weight excluding hydrogens is 384 g/mol. The van der Waals surface area contributed by atoms with E-state index in [-0.39, 0.29) is 11.8 Å². The molecule has 3 rings (SSSR count). The molecular formula is C19H19BrN2O3.